The number of rotatable bonds is 6. The summed E-state index contributed by atoms with van der Waals surface area (Å²) >= 11 is 1.91. The molecule has 0 radical (unpaired) electrons. The Balaban J connectivity index is 1.62. The van der Waals surface area contributed by atoms with Crippen molar-refractivity contribution in [2.45, 2.75) is 49.9 Å². The molecule has 6 heteroatoms. The number of urea groups is 1. The van der Waals surface area contributed by atoms with Crippen molar-refractivity contribution in [2.24, 2.45) is 0 Å². The molecule has 2 fully saturated rings. The number of amides is 2. The predicted octanol–water partition coefficient (Wildman–Crippen LogP) is 1.28. The van der Waals surface area contributed by atoms with Crippen LogP contribution in [0.3, 0.4) is 0 Å². The van der Waals surface area contributed by atoms with Gasteiger partial charge in [-0.3, -0.25) is 4.79 Å². The van der Waals surface area contributed by atoms with Crippen molar-refractivity contribution in [3.63, 3.8) is 0 Å². The summed E-state index contributed by atoms with van der Waals surface area (Å²) < 4.78 is 4.89. The van der Waals surface area contributed by atoms with Crippen LogP contribution in [0.4, 0.5) is 4.79 Å². The molecule has 102 valence electrons. The number of thioether (sulfide) groups is 1. The first-order chi connectivity index (χ1) is 8.70. The van der Waals surface area contributed by atoms with Gasteiger partial charge in [-0.05, 0) is 19.8 Å². The number of fused-ring (bicyclic) bond motifs is 1. The van der Waals surface area contributed by atoms with Gasteiger partial charge in [-0.25, -0.2) is 4.79 Å². The zero-order chi connectivity index (χ0) is 13.0. The van der Waals surface area contributed by atoms with Crippen LogP contribution in [-0.2, 0) is 9.53 Å². The maximum Gasteiger partial charge on any atom is 0.315 e. The minimum atomic E-state index is -0.106. The molecule has 18 heavy (non-hydrogen) atoms. The van der Waals surface area contributed by atoms with Crippen LogP contribution >= 0.6 is 11.8 Å². The highest BCUT2D eigenvalue weighted by Crippen LogP contribution is 2.33. The monoisotopic (exact) mass is 272 g/mol. The second-order valence-electron chi connectivity index (χ2n) is 4.67. The highest BCUT2D eigenvalue weighted by atomic mass is 32.2. The van der Waals surface area contributed by atoms with Crippen molar-refractivity contribution in [3.8, 4) is 0 Å². The Morgan fingerprint density at radius 2 is 2.28 bits per heavy atom. The number of ether oxygens (including phenoxy) is 1. The third-order valence-electron chi connectivity index (χ3n) is 3.36. The number of esters is 1. The van der Waals surface area contributed by atoms with Crippen molar-refractivity contribution >= 4 is 23.8 Å². The van der Waals surface area contributed by atoms with Gasteiger partial charge in [-0.2, -0.15) is 11.8 Å². The number of hydrogen-bond acceptors (Lipinski definition) is 4. The van der Waals surface area contributed by atoms with Crippen molar-refractivity contribution in [1.82, 2.24) is 10.6 Å². The Morgan fingerprint density at radius 3 is 3.06 bits per heavy atom. The first kappa shape index (κ1) is 13.5. The number of carbonyl (C=O) groups is 2. The van der Waals surface area contributed by atoms with Crippen LogP contribution in [0.2, 0.25) is 0 Å². The lowest BCUT2D eigenvalue weighted by Gasteiger charge is -2.16. The van der Waals surface area contributed by atoms with Gasteiger partial charge < -0.3 is 15.4 Å². The van der Waals surface area contributed by atoms with Crippen LogP contribution in [0, 0.1) is 0 Å². The predicted molar refractivity (Wildman–Crippen MR) is 70.6 cm³/mol. The van der Waals surface area contributed by atoms with Crippen LogP contribution in [-0.4, -0.2) is 41.7 Å². The van der Waals surface area contributed by atoms with Gasteiger partial charge in [0.2, 0.25) is 0 Å². The Kier molecular flexibility index (Phi) is 4.74. The summed E-state index contributed by atoms with van der Waals surface area (Å²) in [4.78, 5) is 22.4. The average molecular weight is 272 g/mol. The molecule has 5 nitrogen and oxygen atoms in total. The maximum absolute atomic E-state index is 11.2. The second kappa shape index (κ2) is 6.31. The highest BCUT2D eigenvalue weighted by molar-refractivity contribution is 8.00. The van der Waals surface area contributed by atoms with E-state index in [4.69, 9.17) is 4.74 Å². The second-order valence-corrected chi connectivity index (χ2v) is 5.94. The van der Waals surface area contributed by atoms with Crippen molar-refractivity contribution < 1.29 is 14.3 Å². The average Bonchev–Trinajstić information content (AvgIpc) is 2.85. The molecule has 2 aliphatic heterocycles. The summed E-state index contributed by atoms with van der Waals surface area (Å²) in [5.74, 6) is 0.886. The lowest BCUT2D eigenvalue weighted by Crippen LogP contribution is -2.36. The number of unbranched alkanes of at least 4 members (excludes halogenated alkanes) is 1. The Labute approximate surface area is 111 Å². The molecule has 0 bridgehead atoms. The Bertz CT molecular complexity index is 324. The van der Waals surface area contributed by atoms with E-state index in [1.807, 2.05) is 18.7 Å². The fourth-order valence-electron chi connectivity index (χ4n) is 2.49. The molecule has 2 aliphatic rings. The van der Waals surface area contributed by atoms with Gasteiger partial charge in [0.1, 0.15) is 0 Å². The number of carbonyl (C=O) groups excluding carboxylic acids is 2. The summed E-state index contributed by atoms with van der Waals surface area (Å²) in [7, 11) is 0. The Morgan fingerprint density at radius 1 is 1.44 bits per heavy atom. The van der Waals surface area contributed by atoms with E-state index < -0.39 is 0 Å². The van der Waals surface area contributed by atoms with Gasteiger partial charge in [-0.15, -0.1) is 0 Å². The molecule has 3 atom stereocenters. The molecule has 2 amide bonds. The molecule has 0 aromatic heterocycles. The summed E-state index contributed by atoms with van der Waals surface area (Å²) in [5.41, 5.74) is 0. The quantitative estimate of drug-likeness (QED) is 0.434. The first-order valence-corrected chi connectivity index (χ1v) is 7.60. The van der Waals surface area contributed by atoms with Crippen LogP contribution in [0.1, 0.15) is 32.6 Å². The number of hydrogen-bond donors (Lipinski definition) is 2. The molecule has 0 unspecified atom stereocenters. The summed E-state index contributed by atoms with van der Waals surface area (Å²) in [5, 5.41) is 6.38. The molecule has 2 rings (SSSR count). The van der Waals surface area contributed by atoms with E-state index in [0.29, 0.717) is 18.3 Å². The van der Waals surface area contributed by atoms with E-state index >= 15 is 0 Å². The standard InChI is InChI=1S/C12H20N2O3S/c1-2-17-10(15)6-4-3-5-9-11-8(7-18-9)13-12(16)14-11/h8-9,11H,2-7H2,1H3,(H2,13,14,16)/t8-,9-,11-/m1/s1. The molecular weight excluding hydrogens is 252 g/mol. The lowest BCUT2D eigenvalue weighted by atomic mass is 10.0. The molecule has 2 heterocycles. The zero-order valence-corrected chi connectivity index (χ0v) is 11.4. The minimum absolute atomic E-state index is 0.0400. The molecule has 2 saturated heterocycles. The zero-order valence-electron chi connectivity index (χ0n) is 10.6. The van der Waals surface area contributed by atoms with E-state index in [-0.39, 0.29) is 24.1 Å². The van der Waals surface area contributed by atoms with Gasteiger partial charge in [0.05, 0.1) is 18.7 Å². The Hall–Kier alpha value is -0.910. The smallest absolute Gasteiger partial charge is 0.315 e. The molecular formula is C12H20N2O3S. The molecule has 0 saturated carbocycles. The van der Waals surface area contributed by atoms with Crippen LogP contribution < -0.4 is 10.6 Å². The minimum Gasteiger partial charge on any atom is -0.466 e. The van der Waals surface area contributed by atoms with Gasteiger partial charge in [0.25, 0.3) is 0 Å². The van der Waals surface area contributed by atoms with E-state index in [2.05, 4.69) is 10.6 Å². The van der Waals surface area contributed by atoms with E-state index in [0.717, 1.165) is 25.0 Å². The largest absolute Gasteiger partial charge is 0.466 e. The third-order valence-corrected chi connectivity index (χ3v) is 4.87. The molecule has 0 aliphatic carbocycles. The summed E-state index contributed by atoms with van der Waals surface area (Å²) in [6.45, 7) is 2.28. The topological polar surface area (TPSA) is 67.4 Å². The van der Waals surface area contributed by atoms with Crippen molar-refractivity contribution in [1.29, 1.82) is 0 Å². The number of nitrogens with one attached hydrogen (secondary N) is 2. The molecule has 0 aromatic carbocycles. The van der Waals surface area contributed by atoms with Crippen LogP contribution in [0.5, 0.6) is 0 Å². The van der Waals surface area contributed by atoms with E-state index in [1.54, 1.807) is 0 Å². The van der Waals surface area contributed by atoms with Gasteiger partial charge in [-0.1, -0.05) is 6.42 Å². The van der Waals surface area contributed by atoms with Gasteiger partial charge in [0, 0.05) is 17.4 Å². The normalized spacial score (nSPS) is 29.6. The fraction of sp³-hybridized carbons (Fsp3) is 0.833. The van der Waals surface area contributed by atoms with Crippen molar-refractivity contribution in [2.75, 3.05) is 12.4 Å². The van der Waals surface area contributed by atoms with Crippen LogP contribution in [0.15, 0.2) is 0 Å². The van der Waals surface area contributed by atoms with Gasteiger partial charge >= 0.3 is 12.0 Å². The molecule has 0 aromatic rings. The van der Waals surface area contributed by atoms with Crippen LogP contribution in [0.25, 0.3) is 0 Å². The molecule has 2 N–H and O–H groups in total. The highest BCUT2D eigenvalue weighted by Gasteiger charge is 2.42. The summed E-state index contributed by atoms with van der Waals surface area (Å²) in [6, 6.07) is 0.518. The fourth-order valence-corrected chi connectivity index (χ4v) is 4.03. The lowest BCUT2D eigenvalue weighted by molar-refractivity contribution is -0.143. The third kappa shape index (κ3) is 3.31. The van der Waals surface area contributed by atoms with E-state index in [9.17, 15) is 9.59 Å². The van der Waals surface area contributed by atoms with E-state index in [1.165, 1.54) is 0 Å². The first-order valence-electron chi connectivity index (χ1n) is 6.55. The summed E-state index contributed by atoms with van der Waals surface area (Å²) in [6.07, 6.45) is 3.43. The maximum atomic E-state index is 11.2. The van der Waals surface area contributed by atoms with Gasteiger partial charge in [0.15, 0.2) is 0 Å². The van der Waals surface area contributed by atoms with Crippen molar-refractivity contribution in [3.05, 3.63) is 0 Å². The molecule has 0 spiro atoms. The SMILES string of the molecule is CCOC(=O)CCCC[C@H]1SC[C@H]2NC(=O)N[C@H]21.